The highest BCUT2D eigenvalue weighted by molar-refractivity contribution is 5.37. The van der Waals surface area contributed by atoms with Gasteiger partial charge in [-0.05, 0) is 54.5 Å². The van der Waals surface area contributed by atoms with E-state index in [2.05, 4.69) is 67.7 Å². The third-order valence-electron chi connectivity index (χ3n) is 5.26. The van der Waals surface area contributed by atoms with Crippen LogP contribution in [0.15, 0.2) is 48.5 Å². The molecule has 0 radical (unpaired) electrons. The number of benzene rings is 2. The van der Waals surface area contributed by atoms with E-state index in [1.165, 1.54) is 60.8 Å². The van der Waals surface area contributed by atoms with Crippen molar-refractivity contribution in [1.82, 2.24) is 5.32 Å². The lowest BCUT2D eigenvalue weighted by Gasteiger charge is -2.25. The fraction of sp³-hybridized carbons (Fsp3) is 0.478. The van der Waals surface area contributed by atoms with Crippen LogP contribution in [0.25, 0.3) is 0 Å². The molecule has 0 amide bonds. The Hall–Kier alpha value is -1.60. The minimum atomic E-state index is 0.471. The van der Waals surface area contributed by atoms with Gasteiger partial charge >= 0.3 is 0 Å². The molecule has 0 aliphatic carbocycles. The van der Waals surface area contributed by atoms with Crippen molar-refractivity contribution in [3.63, 3.8) is 0 Å². The summed E-state index contributed by atoms with van der Waals surface area (Å²) in [6.07, 6.45) is 7.36. The molecule has 0 unspecified atom stereocenters. The van der Waals surface area contributed by atoms with Crippen LogP contribution in [0.4, 0.5) is 0 Å². The van der Waals surface area contributed by atoms with Crippen LogP contribution in [-0.4, -0.2) is 12.6 Å². The van der Waals surface area contributed by atoms with Gasteiger partial charge in [-0.25, -0.2) is 0 Å². The van der Waals surface area contributed by atoms with Crippen molar-refractivity contribution in [2.75, 3.05) is 6.54 Å². The normalized spacial score (nSPS) is 17.5. The van der Waals surface area contributed by atoms with Gasteiger partial charge in [0.25, 0.3) is 0 Å². The summed E-state index contributed by atoms with van der Waals surface area (Å²) in [6, 6.07) is 19.3. The fourth-order valence-electron chi connectivity index (χ4n) is 4.01. The van der Waals surface area contributed by atoms with Crippen molar-refractivity contribution < 1.29 is 0 Å². The molecule has 1 atom stereocenters. The van der Waals surface area contributed by atoms with E-state index in [0.29, 0.717) is 12.0 Å². The SMILES string of the molecule is CCCc1ccc(C(c2ccc(CCC)cc2)[C@@H]2CCCN2)cc1. The van der Waals surface area contributed by atoms with Gasteiger partial charge in [-0.2, -0.15) is 0 Å². The molecule has 0 spiro atoms. The zero-order valence-electron chi connectivity index (χ0n) is 15.2. The fourth-order valence-corrected chi connectivity index (χ4v) is 4.01. The standard InChI is InChI=1S/C23H31N/c1-3-6-18-9-13-20(14-10-18)23(22-8-5-17-24-22)21-15-11-19(7-4-2)12-16-21/h9-16,22-24H,3-8,17H2,1-2H3/t22-/m0/s1. The second-order valence-corrected chi connectivity index (χ2v) is 7.16. The Morgan fingerprint density at radius 1 is 0.833 bits per heavy atom. The van der Waals surface area contributed by atoms with Crippen molar-refractivity contribution in [2.45, 2.75) is 64.3 Å². The largest absolute Gasteiger partial charge is 0.313 e. The van der Waals surface area contributed by atoms with E-state index in [1.807, 2.05) is 0 Å². The van der Waals surface area contributed by atoms with Crippen molar-refractivity contribution in [1.29, 1.82) is 0 Å². The van der Waals surface area contributed by atoms with Gasteiger partial charge in [0.15, 0.2) is 0 Å². The molecule has 0 saturated carbocycles. The smallest absolute Gasteiger partial charge is 0.0243 e. The molecule has 1 heteroatoms. The van der Waals surface area contributed by atoms with Crippen LogP contribution >= 0.6 is 0 Å². The first-order valence-corrected chi connectivity index (χ1v) is 9.73. The van der Waals surface area contributed by atoms with Crippen molar-refractivity contribution in [3.05, 3.63) is 70.8 Å². The van der Waals surface area contributed by atoms with Crippen LogP contribution in [-0.2, 0) is 12.8 Å². The van der Waals surface area contributed by atoms with E-state index in [0.717, 1.165) is 6.54 Å². The van der Waals surface area contributed by atoms with Crippen LogP contribution in [0, 0.1) is 0 Å². The van der Waals surface area contributed by atoms with Crippen LogP contribution in [0.2, 0.25) is 0 Å². The first-order chi connectivity index (χ1) is 11.8. The van der Waals surface area contributed by atoms with E-state index >= 15 is 0 Å². The van der Waals surface area contributed by atoms with Gasteiger partial charge in [-0.3, -0.25) is 0 Å². The maximum Gasteiger partial charge on any atom is 0.0243 e. The molecule has 24 heavy (non-hydrogen) atoms. The maximum atomic E-state index is 3.73. The van der Waals surface area contributed by atoms with Crippen molar-refractivity contribution in [2.24, 2.45) is 0 Å². The topological polar surface area (TPSA) is 12.0 Å². The third kappa shape index (κ3) is 4.08. The molecular formula is C23H31N. The average molecular weight is 322 g/mol. The minimum absolute atomic E-state index is 0.471. The maximum absolute atomic E-state index is 3.73. The third-order valence-corrected chi connectivity index (χ3v) is 5.26. The predicted molar refractivity (Wildman–Crippen MR) is 104 cm³/mol. The molecule has 1 N–H and O–H groups in total. The lowest BCUT2D eigenvalue weighted by Crippen LogP contribution is -2.29. The molecule has 1 aliphatic heterocycles. The molecule has 128 valence electrons. The van der Waals surface area contributed by atoms with E-state index in [9.17, 15) is 0 Å². The van der Waals surface area contributed by atoms with Gasteiger partial charge < -0.3 is 5.32 Å². The molecule has 3 rings (SSSR count). The summed E-state index contributed by atoms with van der Waals surface area (Å²) in [5, 5.41) is 3.73. The first kappa shape index (κ1) is 17.2. The predicted octanol–water partition coefficient (Wildman–Crippen LogP) is 5.48. The Labute approximate surface area is 147 Å². The van der Waals surface area contributed by atoms with Crippen LogP contribution in [0.1, 0.15) is 67.7 Å². The molecule has 1 aliphatic rings. The molecule has 2 aromatic carbocycles. The number of aryl methyl sites for hydroxylation is 2. The average Bonchev–Trinajstić information content (AvgIpc) is 3.13. The molecule has 0 aromatic heterocycles. The summed E-state index contributed by atoms with van der Waals surface area (Å²) in [5.41, 5.74) is 5.82. The monoisotopic (exact) mass is 321 g/mol. The second-order valence-electron chi connectivity index (χ2n) is 7.16. The van der Waals surface area contributed by atoms with Crippen molar-refractivity contribution in [3.8, 4) is 0 Å². The number of hydrogen-bond acceptors (Lipinski definition) is 1. The Bertz CT molecular complexity index is 556. The molecule has 1 nitrogen and oxygen atoms in total. The molecule has 1 fully saturated rings. The van der Waals surface area contributed by atoms with Gasteiger partial charge in [0.05, 0.1) is 0 Å². The lowest BCUT2D eigenvalue weighted by molar-refractivity contribution is 0.540. The Balaban J connectivity index is 1.88. The summed E-state index contributed by atoms with van der Waals surface area (Å²) >= 11 is 0. The van der Waals surface area contributed by atoms with E-state index in [4.69, 9.17) is 0 Å². The highest BCUT2D eigenvalue weighted by Crippen LogP contribution is 2.32. The van der Waals surface area contributed by atoms with E-state index in [1.54, 1.807) is 0 Å². The zero-order valence-corrected chi connectivity index (χ0v) is 15.2. The Morgan fingerprint density at radius 2 is 1.33 bits per heavy atom. The lowest BCUT2D eigenvalue weighted by atomic mass is 9.83. The van der Waals surface area contributed by atoms with Gasteiger partial charge in [0, 0.05) is 12.0 Å². The van der Waals surface area contributed by atoms with E-state index < -0.39 is 0 Å². The van der Waals surface area contributed by atoms with Gasteiger partial charge in [0.2, 0.25) is 0 Å². The molecule has 1 saturated heterocycles. The van der Waals surface area contributed by atoms with Crippen LogP contribution in [0.3, 0.4) is 0 Å². The van der Waals surface area contributed by atoms with Gasteiger partial charge in [-0.1, -0.05) is 75.2 Å². The number of rotatable bonds is 7. The first-order valence-electron chi connectivity index (χ1n) is 9.73. The summed E-state index contributed by atoms with van der Waals surface area (Å²) in [7, 11) is 0. The number of hydrogen-bond donors (Lipinski definition) is 1. The highest BCUT2D eigenvalue weighted by Gasteiger charge is 2.27. The van der Waals surface area contributed by atoms with E-state index in [-0.39, 0.29) is 0 Å². The quantitative estimate of drug-likeness (QED) is 0.712. The van der Waals surface area contributed by atoms with Crippen molar-refractivity contribution >= 4 is 0 Å². The van der Waals surface area contributed by atoms with Crippen LogP contribution in [0.5, 0.6) is 0 Å². The summed E-state index contributed by atoms with van der Waals surface area (Å²) in [5.74, 6) is 0.471. The summed E-state index contributed by atoms with van der Waals surface area (Å²) < 4.78 is 0. The summed E-state index contributed by atoms with van der Waals surface area (Å²) in [4.78, 5) is 0. The number of nitrogens with one attached hydrogen (secondary N) is 1. The second kappa shape index (κ2) is 8.48. The Kier molecular flexibility index (Phi) is 6.09. The van der Waals surface area contributed by atoms with Gasteiger partial charge in [0.1, 0.15) is 0 Å². The molecule has 1 heterocycles. The molecular weight excluding hydrogens is 290 g/mol. The molecule has 0 bridgehead atoms. The molecule has 2 aromatic rings. The summed E-state index contributed by atoms with van der Waals surface area (Å²) in [6.45, 7) is 5.65. The highest BCUT2D eigenvalue weighted by atomic mass is 14.9. The Morgan fingerprint density at radius 3 is 1.71 bits per heavy atom. The minimum Gasteiger partial charge on any atom is -0.313 e. The van der Waals surface area contributed by atoms with Gasteiger partial charge in [-0.15, -0.1) is 0 Å². The van der Waals surface area contributed by atoms with Crippen LogP contribution < -0.4 is 5.32 Å². The zero-order chi connectivity index (χ0) is 16.8.